The normalized spacial score (nSPS) is 10.6. The molecule has 0 atom stereocenters. The van der Waals surface area contributed by atoms with Gasteiger partial charge in [0.2, 0.25) is 0 Å². The molecule has 1 amide bonds. The Kier molecular flexibility index (Phi) is 3.66. The first-order valence-electron chi connectivity index (χ1n) is 6.39. The third-order valence-electron chi connectivity index (χ3n) is 3.20. The van der Waals surface area contributed by atoms with Crippen LogP contribution in [0.3, 0.4) is 0 Å². The number of rotatable bonds is 3. The van der Waals surface area contributed by atoms with E-state index in [1.165, 1.54) is 0 Å². The van der Waals surface area contributed by atoms with Gasteiger partial charge in [0.25, 0.3) is 5.91 Å². The molecule has 0 radical (unpaired) electrons. The summed E-state index contributed by atoms with van der Waals surface area (Å²) in [6.45, 7) is 0. The van der Waals surface area contributed by atoms with Crippen molar-refractivity contribution in [2.45, 2.75) is 0 Å². The summed E-state index contributed by atoms with van der Waals surface area (Å²) in [4.78, 5) is 15.5. The SMILES string of the molecule is COc1cc(Br)cc(NC(=O)c2c[nH]c3ccccc23)c1. The van der Waals surface area contributed by atoms with Gasteiger partial charge in [-0.05, 0) is 18.2 Å². The van der Waals surface area contributed by atoms with Crippen LogP contribution in [0.1, 0.15) is 10.4 Å². The van der Waals surface area contributed by atoms with Gasteiger partial charge in [0.05, 0.1) is 12.7 Å². The van der Waals surface area contributed by atoms with Crippen molar-refractivity contribution >= 4 is 38.4 Å². The number of carbonyl (C=O) groups excluding carboxylic acids is 1. The minimum atomic E-state index is -0.160. The fraction of sp³-hybridized carbons (Fsp3) is 0.0625. The summed E-state index contributed by atoms with van der Waals surface area (Å²) in [7, 11) is 1.59. The predicted molar refractivity (Wildman–Crippen MR) is 86.9 cm³/mol. The van der Waals surface area contributed by atoms with E-state index in [4.69, 9.17) is 4.74 Å². The number of halogens is 1. The molecule has 1 heterocycles. The van der Waals surface area contributed by atoms with E-state index >= 15 is 0 Å². The Bertz CT molecular complexity index is 811. The molecule has 0 fully saturated rings. The van der Waals surface area contributed by atoms with E-state index in [0.29, 0.717) is 17.0 Å². The van der Waals surface area contributed by atoms with E-state index in [1.54, 1.807) is 19.4 Å². The number of hydrogen-bond donors (Lipinski definition) is 2. The van der Waals surface area contributed by atoms with Crippen molar-refractivity contribution in [2.24, 2.45) is 0 Å². The van der Waals surface area contributed by atoms with Gasteiger partial charge in [0, 0.05) is 33.3 Å². The Morgan fingerprint density at radius 1 is 1.24 bits per heavy atom. The first kappa shape index (κ1) is 13.7. The van der Waals surface area contributed by atoms with Gasteiger partial charge in [-0.1, -0.05) is 34.1 Å². The zero-order valence-corrected chi connectivity index (χ0v) is 12.9. The van der Waals surface area contributed by atoms with Gasteiger partial charge >= 0.3 is 0 Å². The molecule has 5 heteroatoms. The molecule has 21 heavy (non-hydrogen) atoms. The Balaban J connectivity index is 1.91. The molecule has 1 aromatic heterocycles. The number of aromatic amines is 1. The highest BCUT2D eigenvalue weighted by molar-refractivity contribution is 9.10. The fourth-order valence-electron chi connectivity index (χ4n) is 2.21. The first-order valence-corrected chi connectivity index (χ1v) is 7.19. The molecule has 0 aliphatic heterocycles. The maximum atomic E-state index is 12.4. The van der Waals surface area contributed by atoms with Gasteiger partial charge in [-0.2, -0.15) is 0 Å². The molecule has 2 N–H and O–H groups in total. The molecule has 0 saturated carbocycles. The summed E-state index contributed by atoms with van der Waals surface area (Å²) in [5.74, 6) is 0.520. The van der Waals surface area contributed by atoms with E-state index in [9.17, 15) is 4.79 Å². The van der Waals surface area contributed by atoms with Crippen molar-refractivity contribution in [3.05, 3.63) is 58.7 Å². The van der Waals surface area contributed by atoms with Crippen LogP contribution >= 0.6 is 15.9 Å². The van der Waals surface area contributed by atoms with Crippen molar-refractivity contribution in [3.63, 3.8) is 0 Å². The van der Waals surface area contributed by atoms with Crippen molar-refractivity contribution in [3.8, 4) is 5.75 Å². The number of nitrogens with one attached hydrogen (secondary N) is 2. The monoisotopic (exact) mass is 344 g/mol. The topological polar surface area (TPSA) is 54.1 Å². The predicted octanol–water partition coefficient (Wildman–Crippen LogP) is 4.19. The number of aromatic nitrogens is 1. The quantitative estimate of drug-likeness (QED) is 0.748. The Hall–Kier alpha value is -2.27. The average Bonchev–Trinajstić information content (AvgIpc) is 2.90. The highest BCUT2D eigenvalue weighted by Gasteiger charge is 2.12. The first-order chi connectivity index (χ1) is 10.2. The molecule has 0 saturated heterocycles. The van der Waals surface area contributed by atoms with E-state index in [1.807, 2.05) is 36.4 Å². The van der Waals surface area contributed by atoms with Crippen LogP contribution in [0.5, 0.6) is 5.75 Å². The van der Waals surface area contributed by atoms with Crippen molar-refractivity contribution < 1.29 is 9.53 Å². The van der Waals surface area contributed by atoms with Crippen LogP contribution in [0.4, 0.5) is 5.69 Å². The average molecular weight is 345 g/mol. The van der Waals surface area contributed by atoms with Gasteiger partial charge < -0.3 is 15.0 Å². The lowest BCUT2D eigenvalue weighted by molar-refractivity contribution is 0.102. The summed E-state index contributed by atoms with van der Waals surface area (Å²) in [6.07, 6.45) is 1.72. The molecule has 4 nitrogen and oxygen atoms in total. The molecule has 0 spiro atoms. The molecule has 0 bridgehead atoms. The van der Waals surface area contributed by atoms with E-state index in [2.05, 4.69) is 26.2 Å². The Morgan fingerprint density at radius 2 is 2.05 bits per heavy atom. The number of ether oxygens (including phenoxy) is 1. The second kappa shape index (κ2) is 5.61. The van der Waals surface area contributed by atoms with Crippen LogP contribution < -0.4 is 10.1 Å². The highest BCUT2D eigenvalue weighted by Crippen LogP contribution is 2.25. The largest absolute Gasteiger partial charge is 0.497 e. The maximum Gasteiger partial charge on any atom is 0.257 e. The van der Waals surface area contributed by atoms with Gasteiger partial charge in [-0.25, -0.2) is 0 Å². The van der Waals surface area contributed by atoms with Gasteiger partial charge in [0.15, 0.2) is 0 Å². The third kappa shape index (κ3) is 2.78. The Morgan fingerprint density at radius 3 is 2.86 bits per heavy atom. The molecule has 2 aromatic carbocycles. The third-order valence-corrected chi connectivity index (χ3v) is 3.66. The summed E-state index contributed by atoms with van der Waals surface area (Å²) in [5, 5.41) is 3.78. The van der Waals surface area contributed by atoms with Gasteiger partial charge in [-0.3, -0.25) is 4.79 Å². The lowest BCUT2D eigenvalue weighted by Gasteiger charge is -2.07. The number of amides is 1. The molecule has 106 valence electrons. The number of H-pyrrole nitrogens is 1. The molecule has 0 unspecified atom stereocenters. The number of carbonyl (C=O) groups is 1. The number of para-hydroxylation sites is 1. The molecule has 0 aliphatic rings. The molecular weight excluding hydrogens is 332 g/mol. The number of methoxy groups -OCH3 is 1. The maximum absolute atomic E-state index is 12.4. The van der Waals surface area contributed by atoms with E-state index < -0.39 is 0 Å². The van der Waals surface area contributed by atoms with Crippen molar-refractivity contribution in [1.82, 2.24) is 4.98 Å². The van der Waals surface area contributed by atoms with E-state index in [-0.39, 0.29) is 5.91 Å². The fourth-order valence-corrected chi connectivity index (χ4v) is 2.68. The number of hydrogen-bond acceptors (Lipinski definition) is 2. The summed E-state index contributed by atoms with van der Waals surface area (Å²) < 4.78 is 6.03. The second-order valence-electron chi connectivity index (χ2n) is 4.58. The number of fused-ring (bicyclic) bond motifs is 1. The second-order valence-corrected chi connectivity index (χ2v) is 5.50. The van der Waals surface area contributed by atoms with Crippen LogP contribution in [0.25, 0.3) is 10.9 Å². The number of benzene rings is 2. The molecule has 3 aromatic rings. The van der Waals surface area contributed by atoms with Crippen LogP contribution in [0.2, 0.25) is 0 Å². The van der Waals surface area contributed by atoms with Gasteiger partial charge in [-0.15, -0.1) is 0 Å². The summed E-state index contributed by atoms with van der Waals surface area (Å²) in [6, 6.07) is 13.1. The van der Waals surface area contributed by atoms with Crippen LogP contribution in [-0.4, -0.2) is 18.0 Å². The summed E-state index contributed by atoms with van der Waals surface area (Å²) in [5.41, 5.74) is 2.23. The Labute approximate surface area is 130 Å². The van der Waals surface area contributed by atoms with Crippen molar-refractivity contribution in [2.75, 3.05) is 12.4 Å². The number of anilines is 1. The zero-order valence-electron chi connectivity index (χ0n) is 11.3. The summed E-state index contributed by atoms with van der Waals surface area (Å²) >= 11 is 3.39. The molecule has 0 aliphatic carbocycles. The van der Waals surface area contributed by atoms with Crippen molar-refractivity contribution in [1.29, 1.82) is 0 Å². The highest BCUT2D eigenvalue weighted by atomic mass is 79.9. The molecular formula is C16H13BrN2O2. The lowest BCUT2D eigenvalue weighted by atomic mass is 10.1. The van der Waals surface area contributed by atoms with Gasteiger partial charge in [0.1, 0.15) is 5.75 Å². The lowest BCUT2D eigenvalue weighted by Crippen LogP contribution is -2.11. The molecule has 3 rings (SSSR count). The minimum Gasteiger partial charge on any atom is -0.497 e. The van der Waals surface area contributed by atoms with Crippen LogP contribution in [0.15, 0.2) is 53.1 Å². The zero-order chi connectivity index (χ0) is 14.8. The van der Waals surface area contributed by atoms with Crippen LogP contribution in [-0.2, 0) is 0 Å². The van der Waals surface area contributed by atoms with Crippen LogP contribution in [0, 0.1) is 0 Å². The standard InChI is InChI=1S/C16H13BrN2O2/c1-21-12-7-10(17)6-11(8-12)19-16(20)14-9-18-15-5-3-2-4-13(14)15/h2-9,18H,1H3,(H,19,20). The minimum absolute atomic E-state index is 0.160. The smallest absolute Gasteiger partial charge is 0.257 e. The van der Waals surface area contributed by atoms with E-state index in [0.717, 1.165) is 15.4 Å².